The van der Waals surface area contributed by atoms with Gasteiger partial charge in [0.25, 0.3) is 0 Å². The van der Waals surface area contributed by atoms with Crippen molar-refractivity contribution in [1.82, 2.24) is 0 Å². The van der Waals surface area contributed by atoms with Gasteiger partial charge in [0.1, 0.15) is 26.2 Å². The molecule has 2 N–H and O–H groups in total. The SMILES string of the molecule is C[C@H](CC[NH+]1CC[NH+](CC=Cc2ccccc2)CC1)c1ccccc1. The maximum absolute atomic E-state index is 2.37. The minimum absolute atomic E-state index is 0.674. The first kappa shape index (κ1) is 17.9. The summed E-state index contributed by atoms with van der Waals surface area (Å²) >= 11 is 0. The lowest BCUT2D eigenvalue weighted by atomic mass is 9.97. The van der Waals surface area contributed by atoms with Gasteiger partial charge in [-0.15, -0.1) is 0 Å². The van der Waals surface area contributed by atoms with Crippen molar-refractivity contribution in [3.8, 4) is 0 Å². The average molecular weight is 337 g/mol. The van der Waals surface area contributed by atoms with Gasteiger partial charge in [0.15, 0.2) is 0 Å². The maximum atomic E-state index is 2.37. The summed E-state index contributed by atoms with van der Waals surface area (Å²) in [5, 5.41) is 0. The summed E-state index contributed by atoms with van der Waals surface area (Å²) in [6.45, 7) is 10.1. The Morgan fingerprint density at radius 3 is 2.12 bits per heavy atom. The van der Waals surface area contributed by atoms with Gasteiger partial charge in [-0.2, -0.15) is 0 Å². The first-order valence-electron chi connectivity index (χ1n) is 9.75. The summed E-state index contributed by atoms with van der Waals surface area (Å²) in [5.74, 6) is 0.674. The van der Waals surface area contributed by atoms with Crippen LogP contribution in [0, 0.1) is 0 Å². The van der Waals surface area contributed by atoms with Crippen LogP contribution in [0.4, 0.5) is 0 Å². The Hall–Kier alpha value is -1.90. The molecule has 1 aliphatic heterocycles. The van der Waals surface area contributed by atoms with Crippen molar-refractivity contribution in [2.75, 3.05) is 39.3 Å². The van der Waals surface area contributed by atoms with E-state index >= 15 is 0 Å². The molecule has 25 heavy (non-hydrogen) atoms. The Kier molecular flexibility index (Phi) is 6.84. The lowest BCUT2D eigenvalue weighted by Gasteiger charge is -2.29. The van der Waals surface area contributed by atoms with Gasteiger partial charge in [0, 0.05) is 6.42 Å². The number of benzene rings is 2. The molecule has 0 spiro atoms. The normalized spacial score (nSPS) is 22.1. The fourth-order valence-corrected chi connectivity index (χ4v) is 3.71. The van der Waals surface area contributed by atoms with Crippen LogP contribution >= 0.6 is 0 Å². The molecule has 2 aromatic rings. The molecular weight excluding hydrogens is 304 g/mol. The molecule has 0 radical (unpaired) electrons. The van der Waals surface area contributed by atoms with Gasteiger partial charge in [0.05, 0.1) is 13.1 Å². The molecule has 1 fully saturated rings. The van der Waals surface area contributed by atoms with Crippen LogP contribution in [0.15, 0.2) is 66.7 Å². The molecule has 3 rings (SSSR count). The van der Waals surface area contributed by atoms with Crippen molar-refractivity contribution in [3.05, 3.63) is 77.9 Å². The monoisotopic (exact) mass is 336 g/mol. The highest BCUT2D eigenvalue weighted by Crippen LogP contribution is 2.16. The molecule has 0 unspecified atom stereocenters. The van der Waals surface area contributed by atoms with Crippen molar-refractivity contribution in [3.63, 3.8) is 0 Å². The Labute approximate surface area is 152 Å². The van der Waals surface area contributed by atoms with E-state index in [1.165, 1.54) is 50.3 Å². The minimum atomic E-state index is 0.674. The highest BCUT2D eigenvalue weighted by Gasteiger charge is 2.22. The summed E-state index contributed by atoms with van der Waals surface area (Å²) in [6, 6.07) is 21.6. The fraction of sp³-hybridized carbons (Fsp3) is 0.391. The standard InChI is InChI=1S/C23H30N2/c1-21(23-12-6-3-7-13-23)14-16-25-19-17-24(18-20-25)15-8-11-22-9-4-2-5-10-22/h2-13,21H,14-20H2,1H3/p+2/t21-/m1/s1. The van der Waals surface area contributed by atoms with Gasteiger partial charge in [-0.25, -0.2) is 0 Å². The van der Waals surface area contributed by atoms with Crippen molar-refractivity contribution in [2.24, 2.45) is 0 Å². The first-order chi connectivity index (χ1) is 12.3. The average Bonchev–Trinajstić information content (AvgIpc) is 2.68. The van der Waals surface area contributed by atoms with Crippen molar-refractivity contribution >= 4 is 6.08 Å². The van der Waals surface area contributed by atoms with Gasteiger partial charge in [-0.05, 0) is 23.1 Å². The summed E-state index contributed by atoms with van der Waals surface area (Å²) in [4.78, 5) is 3.52. The molecular formula is C23H32N2+2. The fourth-order valence-electron chi connectivity index (χ4n) is 3.71. The van der Waals surface area contributed by atoms with E-state index in [4.69, 9.17) is 0 Å². The van der Waals surface area contributed by atoms with E-state index in [1.807, 2.05) is 0 Å². The second-order valence-electron chi connectivity index (χ2n) is 7.37. The molecule has 0 saturated carbocycles. The van der Waals surface area contributed by atoms with E-state index in [0.29, 0.717) is 5.92 Å². The van der Waals surface area contributed by atoms with Crippen LogP contribution in [-0.4, -0.2) is 39.3 Å². The lowest BCUT2D eigenvalue weighted by molar-refractivity contribution is -1.01. The van der Waals surface area contributed by atoms with Crippen LogP contribution in [0.3, 0.4) is 0 Å². The number of hydrogen-bond donors (Lipinski definition) is 2. The zero-order chi connectivity index (χ0) is 17.3. The third-order valence-corrected chi connectivity index (χ3v) is 5.48. The Balaban J connectivity index is 1.35. The van der Waals surface area contributed by atoms with Crippen LogP contribution in [0.1, 0.15) is 30.4 Å². The predicted octanol–water partition coefficient (Wildman–Crippen LogP) is 1.68. The van der Waals surface area contributed by atoms with Gasteiger partial charge in [-0.1, -0.05) is 73.7 Å². The van der Waals surface area contributed by atoms with Crippen LogP contribution in [-0.2, 0) is 0 Å². The van der Waals surface area contributed by atoms with Crippen molar-refractivity contribution in [1.29, 1.82) is 0 Å². The third kappa shape index (κ3) is 5.84. The third-order valence-electron chi connectivity index (χ3n) is 5.48. The molecule has 2 aromatic carbocycles. The predicted molar refractivity (Wildman–Crippen MR) is 106 cm³/mol. The molecule has 1 saturated heterocycles. The number of hydrogen-bond acceptors (Lipinski definition) is 0. The molecule has 0 bridgehead atoms. The molecule has 0 aliphatic carbocycles. The zero-order valence-corrected chi connectivity index (χ0v) is 15.5. The number of piperazine rings is 1. The van der Waals surface area contributed by atoms with E-state index in [1.54, 1.807) is 9.80 Å². The lowest BCUT2D eigenvalue weighted by Crippen LogP contribution is -3.28. The summed E-state index contributed by atoms with van der Waals surface area (Å²) in [6.07, 6.45) is 5.89. The van der Waals surface area contributed by atoms with Crippen molar-refractivity contribution < 1.29 is 9.80 Å². The van der Waals surface area contributed by atoms with Gasteiger partial charge in [-0.3, -0.25) is 0 Å². The molecule has 0 aromatic heterocycles. The highest BCUT2D eigenvalue weighted by atomic mass is 15.3. The number of quaternary nitrogens is 2. The van der Waals surface area contributed by atoms with Crippen LogP contribution in [0.2, 0.25) is 0 Å². The smallest absolute Gasteiger partial charge is 0.127 e. The second-order valence-corrected chi connectivity index (χ2v) is 7.37. The second kappa shape index (κ2) is 9.55. The van der Waals surface area contributed by atoms with E-state index in [-0.39, 0.29) is 0 Å². The minimum Gasteiger partial charge on any atom is -0.326 e. The van der Waals surface area contributed by atoms with Crippen LogP contribution in [0.5, 0.6) is 0 Å². The molecule has 1 atom stereocenters. The summed E-state index contributed by atoms with van der Waals surface area (Å²) in [7, 11) is 0. The van der Waals surface area contributed by atoms with Crippen molar-refractivity contribution in [2.45, 2.75) is 19.3 Å². The van der Waals surface area contributed by atoms with E-state index in [2.05, 4.69) is 79.7 Å². The first-order valence-corrected chi connectivity index (χ1v) is 9.75. The van der Waals surface area contributed by atoms with Gasteiger partial charge < -0.3 is 9.80 Å². The summed E-state index contributed by atoms with van der Waals surface area (Å²) < 4.78 is 0. The quantitative estimate of drug-likeness (QED) is 0.761. The Bertz CT molecular complexity index is 628. The maximum Gasteiger partial charge on any atom is 0.127 e. The molecule has 2 nitrogen and oxygen atoms in total. The molecule has 0 amide bonds. The molecule has 2 heteroatoms. The zero-order valence-electron chi connectivity index (χ0n) is 15.5. The Morgan fingerprint density at radius 2 is 1.44 bits per heavy atom. The van der Waals surface area contributed by atoms with Crippen LogP contribution < -0.4 is 9.80 Å². The summed E-state index contributed by atoms with van der Waals surface area (Å²) in [5.41, 5.74) is 2.79. The van der Waals surface area contributed by atoms with E-state index in [9.17, 15) is 0 Å². The molecule has 1 aliphatic rings. The van der Waals surface area contributed by atoms with E-state index in [0.717, 1.165) is 6.54 Å². The van der Waals surface area contributed by atoms with Gasteiger partial charge >= 0.3 is 0 Å². The Morgan fingerprint density at radius 1 is 0.840 bits per heavy atom. The number of rotatable bonds is 7. The van der Waals surface area contributed by atoms with Gasteiger partial charge in [0.2, 0.25) is 0 Å². The van der Waals surface area contributed by atoms with Crippen LogP contribution in [0.25, 0.3) is 6.08 Å². The molecule has 132 valence electrons. The number of nitrogens with one attached hydrogen (secondary N) is 2. The highest BCUT2D eigenvalue weighted by molar-refractivity contribution is 5.48. The largest absolute Gasteiger partial charge is 0.326 e. The van der Waals surface area contributed by atoms with E-state index < -0.39 is 0 Å². The topological polar surface area (TPSA) is 8.88 Å². The molecule has 1 heterocycles.